The lowest BCUT2D eigenvalue weighted by atomic mass is 10.1. The van der Waals surface area contributed by atoms with E-state index in [1.807, 2.05) is 6.07 Å². The van der Waals surface area contributed by atoms with Crippen molar-refractivity contribution < 1.29 is 4.92 Å². The van der Waals surface area contributed by atoms with E-state index < -0.39 is 4.92 Å². The summed E-state index contributed by atoms with van der Waals surface area (Å²) in [4.78, 5) is 13.4. The van der Waals surface area contributed by atoms with Gasteiger partial charge in [0.25, 0.3) is 5.69 Å². The van der Waals surface area contributed by atoms with Crippen LogP contribution in [0.4, 0.5) is 5.69 Å². The van der Waals surface area contributed by atoms with E-state index in [1.54, 1.807) is 18.2 Å². The highest BCUT2D eigenvalue weighted by Gasteiger charge is 2.16. The molecule has 0 fully saturated rings. The number of hydrogen-bond donors (Lipinski definition) is 1. The highest BCUT2D eigenvalue weighted by molar-refractivity contribution is 6.34. The van der Waals surface area contributed by atoms with Crippen molar-refractivity contribution in [3.8, 4) is 0 Å². The van der Waals surface area contributed by atoms with Crippen LogP contribution in [0, 0.1) is 10.1 Å². The maximum atomic E-state index is 10.8. The van der Waals surface area contributed by atoms with Crippen LogP contribution in [0.1, 0.15) is 0 Å². The van der Waals surface area contributed by atoms with Crippen LogP contribution in [0.15, 0.2) is 30.3 Å². The topological polar surface area (TPSA) is 58.9 Å². The second-order valence-corrected chi connectivity index (χ2v) is 4.76. The van der Waals surface area contributed by atoms with E-state index in [1.165, 1.54) is 6.07 Å². The molecule has 2 aromatic carbocycles. The Labute approximate surface area is 111 Å². The molecule has 0 unspecified atom stereocenters. The summed E-state index contributed by atoms with van der Waals surface area (Å²) in [5, 5.41) is 13.3. The quantitative estimate of drug-likeness (QED) is 0.526. The molecular formula is C12H6Cl2N2O2. The number of nitrogens with one attached hydrogen (secondary N) is 1. The minimum atomic E-state index is -0.500. The van der Waals surface area contributed by atoms with Gasteiger partial charge in [-0.2, -0.15) is 0 Å². The lowest BCUT2D eigenvalue weighted by Gasteiger charge is -1.96. The van der Waals surface area contributed by atoms with E-state index in [4.69, 9.17) is 23.2 Å². The van der Waals surface area contributed by atoms with Gasteiger partial charge in [0.05, 0.1) is 10.4 Å². The van der Waals surface area contributed by atoms with E-state index in [0.717, 1.165) is 16.3 Å². The molecule has 1 N–H and O–H groups in total. The van der Waals surface area contributed by atoms with Gasteiger partial charge in [-0.25, -0.2) is 0 Å². The number of nitrogens with zero attached hydrogens (tertiary/aromatic N) is 1. The van der Waals surface area contributed by atoms with E-state index in [0.29, 0.717) is 10.5 Å². The van der Waals surface area contributed by atoms with Gasteiger partial charge in [-0.1, -0.05) is 23.2 Å². The number of H-pyrrole nitrogens is 1. The largest absolute Gasteiger partial charge is 0.354 e. The Hall–Kier alpha value is -1.78. The molecule has 3 aromatic rings. The Balaban J connectivity index is 2.44. The van der Waals surface area contributed by atoms with Crippen molar-refractivity contribution in [2.75, 3.05) is 0 Å². The molecule has 1 aromatic heterocycles. The number of benzene rings is 2. The number of nitro benzene ring substituents is 1. The molecule has 0 amide bonds. The molecule has 18 heavy (non-hydrogen) atoms. The van der Waals surface area contributed by atoms with Crippen LogP contribution in [0.2, 0.25) is 10.0 Å². The first-order valence-corrected chi connectivity index (χ1v) is 5.87. The number of nitro groups is 1. The Morgan fingerprint density at radius 1 is 1.06 bits per heavy atom. The van der Waals surface area contributed by atoms with Gasteiger partial charge >= 0.3 is 0 Å². The van der Waals surface area contributed by atoms with Crippen molar-refractivity contribution in [3.63, 3.8) is 0 Å². The minimum Gasteiger partial charge on any atom is -0.354 e. The number of halogens is 2. The summed E-state index contributed by atoms with van der Waals surface area (Å²) in [6.07, 6.45) is 0. The Morgan fingerprint density at radius 3 is 2.50 bits per heavy atom. The summed E-state index contributed by atoms with van der Waals surface area (Å²) in [5.74, 6) is 0. The second kappa shape index (κ2) is 3.86. The molecule has 0 saturated heterocycles. The summed E-state index contributed by atoms with van der Waals surface area (Å²) in [7, 11) is 0. The van der Waals surface area contributed by atoms with Crippen LogP contribution in [0.5, 0.6) is 0 Å². The van der Waals surface area contributed by atoms with Crippen LogP contribution >= 0.6 is 23.2 Å². The van der Waals surface area contributed by atoms with Crippen molar-refractivity contribution in [2.24, 2.45) is 0 Å². The number of hydrogen-bond acceptors (Lipinski definition) is 2. The number of rotatable bonds is 1. The minimum absolute atomic E-state index is 0.109. The maximum absolute atomic E-state index is 10.8. The number of fused-ring (bicyclic) bond motifs is 3. The van der Waals surface area contributed by atoms with Crippen molar-refractivity contribution in [3.05, 3.63) is 50.5 Å². The summed E-state index contributed by atoms with van der Waals surface area (Å²) < 4.78 is 0. The molecule has 0 aliphatic heterocycles. The fraction of sp³-hybridized carbons (Fsp3) is 0. The molecule has 0 aliphatic rings. The SMILES string of the molecule is O=[N+]([O-])c1cc2[nH]c3ccc(Cl)cc3c2cc1Cl. The molecule has 0 bridgehead atoms. The molecule has 0 saturated carbocycles. The third-order valence-corrected chi connectivity index (χ3v) is 3.36. The Bertz CT molecular complexity index is 795. The van der Waals surface area contributed by atoms with E-state index in [-0.39, 0.29) is 10.7 Å². The lowest BCUT2D eigenvalue weighted by Crippen LogP contribution is -1.88. The molecular weight excluding hydrogens is 275 g/mol. The van der Waals surface area contributed by atoms with Crippen molar-refractivity contribution >= 4 is 50.7 Å². The van der Waals surface area contributed by atoms with Crippen molar-refractivity contribution in [1.29, 1.82) is 0 Å². The maximum Gasteiger partial charge on any atom is 0.289 e. The third-order valence-electron chi connectivity index (χ3n) is 2.82. The first-order chi connectivity index (χ1) is 8.56. The third kappa shape index (κ3) is 1.62. The van der Waals surface area contributed by atoms with Crippen LogP contribution in [0.25, 0.3) is 21.8 Å². The van der Waals surface area contributed by atoms with Crippen LogP contribution in [0.3, 0.4) is 0 Å². The van der Waals surface area contributed by atoms with Gasteiger partial charge in [0, 0.05) is 27.4 Å². The van der Waals surface area contributed by atoms with Crippen molar-refractivity contribution in [1.82, 2.24) is 4.98 Å². The van der Waals surface area contributed by atoms with E-state index in [9.17, 15) is 10.1 Å². The fourth-order valence-electron chi connectivity index (χ4n) is 2.02. The monoisotopic (exact) mass is 280 g/mol. The van der Waals surface area contributed by atoms with Gasteiger partial charge in [-0.3, -0.25) is 10.1 Å². The van der Waals surface area contributed by atoms with Crippen LogP contribution < -0.4 is 0 Å². The number of aromatic nitrogens is 1. The Kier molecular flexibility index (Phi) is 2.43. The smallest absolute Gasteiger partial charge is 0.289 e. The second-order valence-electron chi connectivity index (χ2n) is 3.92. The average molecular weight is 281 g/mol. The molecule has 0 aliphatic carbocycles. The summed E-state index contributed by atoms with van der Waals surface area (Å²) >= 11 is 11.8. The lowest BCUT2D eigenvalue weighted by molar-refractivity contribution is -0.384. The molecule has 0 radical (unpaired) electrons. The zero-order chi connectivity index (χ0) is 12.9. The van der Waals surface area contributed by atoms with E-state index in [2.05, 4.69) is 4.98 Å². The first-order valence-electron chi connectivity index (χ1n) is 5.11. The summed E-state index contributed by atoms with van der Waals surface area (Å²) in [6.45, 7) is 0. The van der Waals surface area contributed by atoms with E-state index >= 15 is 0 Å². The average Bonchev–Trinajstić information content (AvgIpc) is 2.65. The zero-order valence-corrected chi connectivity index (χ0v) is 10.4. The summed E-state index contributed by atoms with van der Waals surface area (Å²) in [5.41, 5.74) is 1.43. The fourth-order valence-corrected chi connectivity index (χ4v) is 2.43. The van der Waals surface area contributed by atoms with Crippen LogP contribution in [-0.4, -0.2) is 9.91 Å². The molecule has 3 rings (SSSR count). The van der Waals surface area contributed by atoms with Gasteiger partial charge in [-0.05, 0) is 24.3 Å². The van der Waals surface area contributed by atoms with Gasteiger partial charge in [0.2, 0.25) is 0 Å². The molecule has 4 nitrogen and oxygen atoms in total. The van der Waals surface area contributed by atoms with Crippen LogP contribution in [-0.2, 0) is 0 Å². The van der Waals surface area contributed by atoms with Crippen molar-refractivity contribution in [2.45, 2.75) is 0 Å². The molecule has 0 spiro atoms. The van der Waals surface area contributed by atoms with Gasteiger partial charge in [-0.15, -0.1) is 0 Å². The molecule has 0 atom stereocenters. The van der Waals surface area contributed by atoms with Gasteiger partial charge in [0.15, 0.2) is 0 Å². The first kappa shape index (κ1) is 11.3. The van der Waals surface area contributed by atoms with Gasteiger partial charge < -0.3 is 4.98 Å². The Morgan fingerprint density at radius 2 is 1.78 bits per heavy atom. The molecule has 90 valence electrons. The predicted molar refractivity (Wildman–Crippen MR) is 72.5 cm³/mol. The molecule has 1 heterocycles. The number of aromatic amines is 1. The highest BCUT2D eigenvalue weighted by atomic mass is 35.5. The molecule has 6 heteroatoms. The summed E-state index contributed by atoms with van der Waals surface area (Å²) in [6, 6.07) is 8.42. The zero-order valence-electron chi connectivity index (χ0n) is 8.91. The predicted octanol–water partition coefficient (Wildman–Crippen LogP) is 4.54. The van der Waals surface area contributed by atoms with Gasteiger partial charge in [0.1, 0.15) is 5.02 Å². The normalized spacial score (nSPS) is 11.2. The highest BCUT2D eigenvalue weighted by Crippen LogP contribution is 2.34. The standard InChI is InChI=1S/C12H6Cl2N2O2/c13-6-1-2-10-7(3-6)8-4-9(14)12(16(17)18)5-11(8)15-10/h1-5,15H.